The van der Waals surface area contributed by atoms with Crippen LogP contribution in [0.15, 0.2) is 154 Å². The summed E-state index contributed by atoms with van der Waals surface area (Å²) in [5, 5.41) is 11.7. The average molecular weight is 561 g/mol. The van der Waals surface area contributed by atoms with Crippen LogP contribution in [-0.4, -0.2) is 0 Å². The van der Waals surface area contributed by atoms with Crippen LogP contribution in [0.1, 0.15) is 0 Å². The van der Waals surface area contributed by atoms with Crippen LogP contribution < -0.4 is 0 Å². The summed E-state index contributed by atoms with van der Waals surface area (Å²) in [6.07, 6.45) is 0. The van der Waals surface area contributed by atoms with Gasteiger partial charge in [-0.3, -0.25) is 0 Å². The Labute approximate surface area is 252 Å². The number of para-hydroxylation sites is 1. The molecule has 0 radical (unpaired) electrons. The van der Waals surface area contributed by atoms with Crippen molar-refractivity contribution in [2.45, 2.75) is 0 Å². The average Bonchev–Trinajstić information content (AvgIpc) is 3.65. The van der Waals surface area contributed by atoms with Gasteiger partial charge >= 0.3 is 0 Å². The maximum atomic E-state index is 6.56. The molecule has 10 rings (SSSR count). The first-order valence-electron chi connectivity index (χ1n) is 15.0. The van der Waals surface area contributed by atoms with Crippen molar-refractivity contribution in [1.29, 1.82) is 0 Å². The van der Waals surface area contributed by atoms with Crippen molar-refractivity contribution in [3.8, 4) is 22.3 Å². The Bertz CT molecular complexity index is 2710. The number of furan rings is 2. The summed E-state index contributed by atoms with van der Waals surface area (Å²) in [6.45, 7) is 0. The highest BCUT2D eigenvalue weighted by Gasteiger charge is 2.23. The lowest BCUT2D eigenvalue weighted by Gasteiger charge is -2.19. The molecule has 0 spiro atoms. The van der Waals surface area contributed by atoms with Gasteiger partial charge in [0.05, 0.1) is 5.39 Å². The highest BCUT2D eigenvalue weighted by Crippen LogP contribution is 2.49. The summed E-state index contributed by atoms with van der Waals surface area (Å²) in [4.78, 5) is 0. The Morgan fingerprint density at radius 3 is 1.57 bits per heavy atom. The molecule has 0 aliphatic carbocycles. The van der Waals surface area contributed by atoms with Gasteiger partial charge in [0, 0.05) is 16.2 Å². The standard InChI is InChI=1S/C42H24O2/c1-2-13-26-25(11-1)12-9-19-28(26)38-29-15-3-5-17-31(29)39(32-18-6-4-16-30(32)38)34-20-10-22-36-40(34)41-37(43-36)24-23-33-27-14-7-8-21-35(27)44-42(33)41/h1-24H. The summed E-state index contributed by atoms with van der Waals surface area (Å²) in [7, 11) is 0. The van der Waals surface area contributed by atoms with E-state index in [1.165, 1.54) is 49.0 Å². The molecule has 0 atom stereocenters. The first-order valence-corrected chi connectivity index (χ1v) is 15.0. The van der Waals surface area contributed by atoms with Gasteiger partial charge < -0.3 is 8.83 Å². The molecule has 2 nitrogen and oxygen atoms in total. The maximum Gasteiger partial charge on any atom is 0.147 e. The highest BCUT2D eigenvalue weighted by molar-refractivity contribution is 6.30. The predicted octanol–water partition coefficient (Wildman–Crippen LogP) is 12.3. The van der Waals surface area contributed by atoms with Crippen LogP contribution in [-0.2, 0) is 0 Å². The molecule has 0 saturated carbocycles. The quantitative estimate of drug-likeness (QED) is 0.197. The van der Waals surface area contributed by atoms with Gasteiger partial charge in [0.15, 0.2) is 0 Å². The van der Waals surface area contributed by atoms with Crippen LogP contribution in [0.5, 0.6) is 0 Å². The smallest absolute Gasteiger partial charge is 0.147 e. The molecule has 8 aromatic carbocycles. The van der Waals surface area contributed by atoms with E-state index in [9.17, 15) is 0 Å². The maximum absolute atomic E-state index is 6.56. The van der Waals surface area contributed by atoms with Gasteiger partial charge in [-0.1, -0.05) is 121 Å². The summed E-state index contributed by atoms with van der Waals surface area (Å²) in [5.41, 5.74) is 8.32. The van der Waals surface area contributed by atoms with E-state index >= 15 is 0 Å². The molecule has 204 valence electrons. The van der Waals surface area contributed by atoms with Crippen LogP contribution >= 0.6 is 0 Å². The molecule has 10 aromatic rings. The molecule has 0 fully saturated rings. The van der Waals surface area contributed by atoms with Gasteiger partial charge in [0.1, 0.15) is 22.3 Å². The molecule has 2 heteroatoms. The Kier molecular flexibility index (Phi) is 4.75. The second-order valence-electron chi connectivity index (χ2n) is 11.6. The number of fused-ring (bicyclic) bond motifs is 10. The number of rotatable bonds is 2. The fourth-order valence-corrected chi connectivity index (χ4v) is 7.45. The second-order valence-corrected chi connectivity index (χ2v) is 11.6. The lowest BCUT2D eigenvalue weighted by molar-refractivity contribution is 0.663. The summed E-state index contributed by atoms with van der Waals surface area (Å²) in [6, 6.07) is 51.9. The molecule has 2 heterocycles. The van der Waals surface area contributed by atoms with Crippen molar-refractivity contribution in [2.24, 2.45) is 0 Å². The van der Waals surface area contributed by atoms with Gasteiger partial charge in [-0.25, -0.2) is 0 Å². The molecule has 0 saturated heterocycles. The van der Waals surface area contributed by atoms with E-state index in [4.69, 9.17) is 8.83 Å². The minimum atomic E-state index is 0.833. The van der Waals surface area contributed by atoms with Crippen molar-refractivity contribution >= 4 is 76.2 Å². The van der Waals surface area contributed by atoms with Crippen LogP contribution in [0.4, 0.5) is 0 Å². The fourth-order valence-electron chi connectivity index (χ4n) is 7.45. The lowest BCUT2D eigenvalue weighted by atomic mass is 9.84. The fraction of sp³-hybridized carbons (Fsp3) is 0. The minimum Gasteiger partial charge on any atom is -0.456 e. The summed E-state index contributed by atoms with van der Waals surface area (Å²) >= 11 is 0. The Morgan fingerprint density at radius 2 is 0.818 bits per heavy atom. The SMILES string of the molecule is c1ccc2c(-c3c4ccccc4c(-c4cccc5oc6ccc7c8ccccc8oc7c6c45)c4ccccc34)cccc2c1. The van der Waals surface area contributed by atoms with E-state index in [1.54, 1.807) is 0 Å². The third-order valence-electron chi connectivity index (χ3n) is 9.26. The summed E-state index contributed by atoms with van der Waals surface area (Å²) in [5.74, 6) is 0. The first kappa shape index (κ1) is 23.7. The molecular formula is C42H24O2. The van der Waals surface area contributed by atoms with Crippen molar-refractivity contribution in [3.63, 3.8) is 0 Å². The molecule has 2 aromatic heterocycles. The van der Waals surface area contributed by atoms with E-state index in [-0.39, 0.29) is 0 Å². The van der Waals surface area contributed by atoms with Crippen molar-refractivity contribution in [2.75, 3.05) is 0 Å². The summed E-state index contributed by atoms with van der Waals surface area (Å²) < 4.78 is 13.1. The normalized spacial score (nSPS) is 12.1. The van der Waals surface area contributed by atoms with Gasteiger partial charge in [-0.2, -0.15) is 0 Å². The van der Waals surface area contributed by atoms with Gasteiger partial charge in [0.2, 0.25) is 0 Å². The van der Waals surface area contributed by atoms with Crippen molar-refractivity contribution in [1.82, 2.24) is 0 Å². The van der Waals surface area contributed by atoms with Crippen molar-refractivity contribution in [3.05, 3.63) is 146 Å². The monoisotopic (exact) mass is 560 g/mol. The molecule has 0 N–H and O–H groups in total. The van der Waals surface area contributed by atoms with Gasteiger partial charge in [0.25, 0.3) is 0 Å². The zero-order valence-corrected chi connectivity index (χ0v) is 23.7. The molecule has 0 unspecified atom stereocenters. The van der Waals surface area contributed by atoms with E-state index in [2.05, 4.69) is 133 Å². The van der Waals surface area contributed by atoms with Gasteiger partial charge in [-0.05, 0) is 78.8 Å². The molecular weight excluding hydrogens is 536 g/mol. The third kappa shape index (κ3) is 3.14. The van der Waals surface area contributed by atoms with E-state index in [0.717, 1.165) is 49.4 Å². The number of benzene rings is 8. The first-order chi connectivity index (χ1) is 21.8. The predicted molar refractivity (Wildman–Crippen MR) is 184 cm³/mol. The van der Waals surface area contributed by atoms with Crippen molar-refractivity contribution < 1.29 is 8.83 Å². The second kappa shape index (κ2) is 8.82. The Morgan fingerprint density at radius 1 is 0.295 bits per heavy atom. The number of hydrogen-bond donors (Lipinski definition) is 0. The van der Waals surface area contributed by atoms with Crippen LogP contribution in [0, 0.1) is 0 Å². The number of hydrogen-bond acceptors (Lipinski definition) is 2. The minimum absolute atomic E-state index is 0.833. The van der Waals surface area contributed by atoms with Gasteiger partial charge in [-0.15, -0.1) is 0 Å². The Balaban J connectivity index is 1.40. The zero-order chi connectivity index (χ0) is 28.8. The lowest BCUT2D eigenvalue weighted by Crippen LogP contribution is -1.92. The molecule has 0 aliphatic heterocycles. The van der Waals surface area contributed by atoms with Crippen LogP contribution in [0.25, 0.3) is 98.4 Å². The van der Waals surface area contributed by atoms with E-state index < -0.39 is 0 Å². The molecule has 0 amide bonds. The molecule has 0 aliphatic rings. The van der Waals surface area contributed by atoms with E-state index in [0.29, 0.717) is 0 Å². The van der Waals surface area contributed by atoms with E-state index in [1.807, 2.05) is 12.1 Å². The van der Waals surface area contributed by atoms with Crippen LogP contribution in [0.3, 0.4) is 0 Å². The largest absolute Gasteiger partial charge is 0.456 e. The highest BCUT2D eigenvalue weighted by atomic mass is 16.3. The zero-order valence-electron chi connectivity index (χ0n) is 23.7. The topological polar surface area (TPSA) is 26.3 Å². The third-order valence-corrected chi connectivity index (χ3v) is 9.26. The molecule has 0 bridgehead atoms. The van der Waals surface area contributed by atoms with Crippen LogP contribution in [0.2, 0.25) is 0 Å². The molecule has 44 heavy (non-hydrogen) atoms. The Hall–Kier alpha value is -5.86.